The molecular weight excluding hydrogens is 476 g/mol. The van der Waals surface area contributed by atoms with E-state index < -0.39 is 12.8 Å². The predicted molar refractivity (Wildman–Crippen MR) is 107 cm³/mol. The Morgan fingerprint density at radius 1 is 1.30 bits per heavy atom. The lowest BCUT2D eigenvalue weighted by Crippen LogP contribution is -2.45. The number of halogens is 4. The summed E-state index contributed by atoms with van der Waals surface area (Å²) >= 11 is 0. The van der Waals surface area contributed by atoms with Crippen LogP contribution in [0.1, 0.15) is 38.2 Å². The Labute approximate surface area is 174 Å². The Balaban J connectivity index is 0.00000364. The number of hydrogen-bond donors (Lipinski definition) is 3. The molecule has 1 aromatic heterocycles. The highest BCUT2D eigenvalue weighted by atomic mass is 127. The second-order valence-corrected chi connectivity index (χ2v) is 6.25. The van der Waals surface area contributed by atoms with E-state index >= 15 is 0 Å². The summed E-state index contributed by atoms with van der Waals surface area (Å²) in [6.07, 6.45) is 0.191. The van der Waals surface area contributed by atoms with Crippen molar-refractivity contribution in [1.82, 2.24) is 15.6 Å². The van der Waals surface area contributed by atoms with Gasteiger partial charge in [0.15, 0.2) is 12.6 Å². The monoisotopic (exact) mass is 502 g/mol. The number of ether oxygens (including phenoxy) is 1. The van der Waals surface area contributed by atoms with Crippen molar-refractivity contribution < 1.29 is 23.0 Å². The normalized spacial score (nSPS) is 20.6. The standard InChI is InChI=1S/C17H25F3N4O2.HI/c1-2-21-16(24-13-4-6-14(25)7-5-13)23-10-12-3-8-15(22-9-12)26-11-17(18,19)20;/h3,8-9,13-14,25H,2,4-7,10-11H2,1H3,(H2,21,23,24);1H. The summed E-state index contributed by atoms with van der Waals surface area (Å²) in [5.74, 6) is 0.604. The molecule has 0 radical (unpaired) electrons. The van der Waals surface area contributed by atoms with E-state index in [0.717, 1.165) is 31.2 Å². The van der Waals surface area contributed by atoms with Crippen LogP contribution in [-0.2, 0) is 6.54 Å². The molecule has 0 unspecified atom stereocenters. The van der Waals surface area contributed by atoms with Gasteiger partial charge in [-0.3, -0.25) is 0 Å². The van der Waals surface area contributed by atoms with Gasteiger partial charge in [0.25, 0.3) is 0 Å². The van der Waals surface area contributed by atoms with E-state index in [4.69, 9.17) is 0 Å². The van der Waals surface area contributed by atoms with Crippen molar-refractivity contribution >= 4 is 29.9 Å². The average Bonchev–Trinajstić information content (AvgIpc) is 2.60. The summed E-state index contributed by atoms with van der Waals surface area (Å²) < 4.78 is 40.9. The molecule has 27 heavy (non-hydrogen) atoms. The van der Waals surface area contributed by atoms with Gasteiger partial charge in [-0.15, -0.1) is 24.0 Å². The molecule has 1 heterocycles. The van der Waals surface area contributed by atoms with E-state index in [1.165, 1.54) is 12.3 Å². The van der Waals surface area contributed by atoms with E-state index in [1.54, 1.807) is 6.07 Å². The fourth-order valence-electron chi connectivity index (χ4n) is 2.65. The Morgan fingerprint density at radius 2 is 2.00 bits per heavy atom. The van der Waals surface area contributed by atoms with Crippen LogP contribution >= 0.6 is 24.0 Å². The summed E-state index contributed by atoms with van der Waals surface area (Å²) in [6.45, 7) is 1.67. The zero-order valence-corrected chi connectivity index (χ0v) is 17.5. The van der Waals surface area contributed by atoms with Crippen LogP contribution < -0.4 is 15.4 Å². The minimum atomic E-state index is -4.38. The smallest absolute Gasteiger partial charge is 0.422 e. The Kier molecular flexibility index (Phi) is 10.1. The van der Waals surface area contributed by atoms with Crippen LogP contribution in [-0.4, -0.2) is 47.5 Å². The van der Waals surface area contributed by atoms with Crippen LogP contribution in [0.25, 0.3) is 0 Å². The molecule has 10 heteroatoms. The molecule has 0 aliphatic heterocycles. The quantitative estimate of drug-likeness (QED) is 0.317. The van der Waals surface area contributed by atoms with Gasteiger partial charge < -0.3 is 20.5 Å². The van der Waals surface area contributed by atoms with Crippen molar-refractivity contribution in [2.75, 3.05) is 13.2 Å². The van der Waals surface area contributed by atoms with Gasteiger partial charge in [-0.05, 0) is 38.2 Å². The average molecular weight is 502 g/mol. The van der Waals surface area contributed by atoms with Crippen LogP contribution in [0.2, 0.25) is 0 Å². The van der Waals surface area contributed by atoms with Crippen molar-refractivity contribution in [3.63, 3.8) is 0 Å². The van der Waals surface area contributed by atoms with Gasteiger partial charge in [0.2, 0.25) is 5.88 Å². The summed E-state index contributed by atoms with van der Waals surface area (Å²) in [7, 11) is 0. The first kappa shape index (κ1) is 23.7. The number of aliphatic hydroxyl groups excluding tert-OH is 1. The van der Waals surface area contributed by atoms with Gasteiger partial charge in [-0.2, -0.15) is 13.2 Å². The molecule has 2 rings (SSSR count). The summed E-state index contributed by atoms with van der Waals surface area (Å²) in [6, 6.07) is 3.31. The van der Waals surface area contributed by atoms with Gasteiger partial charge in [0, 0.05) is 24.8 Å². The van der Waals surface area contributed by atoms with E-state index in [0.29, 0.717) is 19.0 Å². The number of aliphatic imine (C=N–C) groups is 1. The largest absolute Gasteiger partial charge is 0.468 e. The highest BCUT2D eigenvalue weighted by molar-refractivity contribution is 14.0. The minimum absolute atomic E-state index is 0. The number of nitrogens with zero attached hydrogens (tertiary/aromatic N) is 2. The fraction of sp³-hybridized carbons (Fsp3) is 0.647. The van der Waals surface area contributed by atoms with Crippen molar-refractivity contribution in [3.8, 4) is 5.88 Å². The maximum atomic E-state index is 12.1. The van der Waals surface area contributed by atoms with Crippen LogP contribution in [0, 0.1) is 0 Å². The third kappa shape index (κ3) is 9.45. The van der Waals surface area contributed by atoms with E-state index in [2.05, 4.69) is 25.3 Å². The molecule has 3 N–H and O–H groups in total. The van der Waals surface area contributed by atoms with Gasteiger partial charge >= 0.3 is 6.18 Å². The number of nitrogens with one attached hydrogen (secondary N) is 2. The molecule has 0 spiro atoms. The van der Waals surface area contributed by atoms with E-state index in [1.807, 2.05) is 6.92 Å². The molecule has 1 aromatic rings. The molecule has 0 aromatic carbocycles. The first-order valence-electron chi connectivity index (χ1n) is 8.73. The maximum absolute atomic E-state index is 12.1. The van der Waals surface area contributed by atoms with Crippen LogP contribution in [0.3, 0.4) is 0 Å². The molecule has 6 nitrogen and oxygen atoms in total. The number of alkyl halides is 3. The summed E-state index contributed by atoms with van der Waals surface area (Å²) in [5, 5.41) is 16.1. The van der Waals surface area contributed by atoms with Crippen molar-refractivity contribution in [2.24, 2.45) is 4.99 Å². The number of guanidine groups is 1. The van der Waals surface area contributed by atoms with Crippen LogP contribution in [0.5, 0.6) is 5.88 Å². The number of rotatable bonds is 6. The SMILES string of the molecule is CCNC(=NCc1ccc(OCC(F)(F)F)nc1)NC1CCC(O)CC1.I. The lowest BCUT2D eigenvalue weighted by atomic mass is 9.93. The number of aliphatic hydroxyl groups is 1. The van der Waals surface area contributed by atoms with Crippen LogP contribution in [0.4, 0.5) is 13.2 Å². The van der Waals surface area contributed by atoms with Crippen molar-refractivity contribution in [1.29, 1.82) is 0 Å². The molecule has 0 bridgehead atoms. The molecule has 0 saturated heterocycles. The van der Waals surface area contributed by atoms with Gasteiger partial charge in [0.1, 0.15) is 0 Å². The lowest BCUT2D eigenvalue weighted by molar-refractivity contribution is -0.154. The predicted octanol–water partition coefficient (Wildman–Crippen LogP) is 3.00. The molecule has 1 fully saturated rings. The number of aromatic nitrogens is 1. The van der Waals surface area contributed by atoms with E-state index in [9.17, 15) is 18.3 Å². The molecule has 1 saturated carbocycles. The maximum Gasteiger partial charge on any atom is 0.422 e. The zero-order chi connectivity index (χ0) is 19.0. The Hall–Kier alpha value is -1.30. The molecule has 0 amide bonds. The van der Waals surface area contributed by atoms with Crippen molar-refractivity contribution in [3.05, 3.63) is 23.9 Å². The zero-order valence-electron chi connectivity index (χ0n) is 15.1. The second kappa shape index (κ2) is 11.5. The summed E-state index contributed by atoms with van der Waals surface area (Å²) in [4.78, 5) is 8.35. The van der Waals surface area contributed by atoms with Gasteiger partial charge in [-0.25, -0.2) is 9.98 Å². The molecule has 1 aliphatic carbocycles. The fourth-order valence-corrected chi connectivity index (χ4v) is 2.65. The number of hydrogen-bond acceptors (Lipinski definition) is 4. The van der Waals surface area contributed by atoms with Gasteiger partial charge in [-0.1, -0.05) is 6.07 Å². The molecular formula is C17H26F3IN4O2. The number of pyridine rings is 1. The molecule has 1 aliphatic rings. The summed E-state index contributed by atoms with van der Waals surface area (Å²) in [5.41, 5.74) is 0.764. The minimum Gasteiger partial charge on any atom is -0.468 e. The van der Waals surface area contributed by atoms with Gasteiger partial charge in [0.05, 0.1) is 12.6 Å². The Bertz CT molecular complexity index is 577. The first-order chi connectivity index (χ1) is 12.4. The first-order valence-corrected chi connectivity index (χ1v) is 8.73. The third-order valence-corrected chi connectivity index (χ3v) is 3.98. The topological polar surface area (TPSA) is 78.8 Å². The Morgan fingerprint density at radius 3 is 2.56 bits per heavy atom. The van der Waals surface area contributed by atoms with E-state index in [-0.39, 0.29) is 42.0 Å². The molecule has 0 atom stereocenters. The third-order valence-electron chi connectivity index (χ3n) is 3.98. The highest BCUT2D eigenvalue weighted by Crippen LogP contribution is 2.19. The second-order valence-electron chi connectivity index (χ2n) is 6.25. The molecule has 154 valence electrons. The van der Waals surface area contributed by atoms with Crippen LogP contribution in [0.15, 0.2) is 23.3 Å². The van der Waals surface area contributed by atoms with Crippen molar-refractivity contribution in [2.45, 2.75) is 57.5 Å². The highest BCUT2D eigenvalue weighted by Gasteiger charge is 2.28. The lowest BCUT2D eigenvalue weighted by Gasteiger charge is -2.27.